The van der Waals surface area contributed by atoms with E-state index in [2.05, 4.69) is 20.3 Å². The van der Waals surface area contributed by atoms with E-state index in [1.165, 1.54) is 0 Å². The second kappa shape index (κ2) is 12.0. The number of halogens is 1. The molecule has 0 spiro atoms. The number of amides is 1. The maximum absolute atomic E-state index is 16.7. The van der Waals surface area contributed by atoms with Gasteiger partial charge in [0.05, 0.1) is 11.9 Å². The van der Waals surface area contributed by atoms with E-state index >= 15 is 4.39 Å². The predicted molar refractivity (Wildman–Crippen MR) is 170 cm³/mol. The number of fused-ring (bicyclic) bond motifs is 1. The second-order valence-corrected chi connectivity index (χ2v) is 11.5. The molecule has 0 aliphatic carbocycles. The zero-order valence-electron chi connectivity index (χ0n) is 24.9. The maximum atomic E-state index is 16.7. The van der Waals surface area contributed by atoms with E-state index in [9.17, 15) is 4.79 Å². The number of aromatic amines is 1. The number of quaternary nitrogens is 1. The minimum Gasteiger partial charge on any atom is -0.383 e. The van der Waals surface area contributed by atoms with Crippen molar-refractivity contribution in [3.05, 3.63) is 101 Å². The predicted octanol–water partition coefficient (Wildman–Crippen LogP) is 6.13. The van der Waals surface area contributed by atoms with Gasteiger partial charge in [-0.2, -0.15) is 0 Å². The van der Waals surface area contributed by atoms with Crippen LogP contribution in [-0.2, 0) is 6.42 Å². The minimum absolute atomic E-state index is 0.221. The molecule has 3 heterocycles. The number of aryl methyl sites for hydroxylation is 1. The Kier molecular flexibility index (Phi) is 7.92. The van der Waals surface area contributed by atoms with Gasteiger partial charge in [-0.15, -0.1) is 4.65 Å². The van der Waals surface area contributed by atoms with E-state index in [-0.39, 0.29) is 5.75 Å². The van der Waals surface area contributed by atoms with Crippen LogP contribution in [-0.4, -0.2) is 45.6 Å². The van der Waals surface area contributed by atoms with Crippen molar-refractivity contribution in [1.82, 2.24) is 15.0 Å². The summed E-state index contributed by atoms with van der Waals surface area (Å²) < 4.78 is 17.0. The molecule has 1 unspecified atom stereocenters. The third-order valence-corrected chi connectivity index (χ3v) is 8.39. The SMILES string of the molecule is CCc1cc(O[N+]2(C)CCCCC2)c(F)c(C(Nc2ccc3c(N)nccc3c2)c2ncc(-c3ccccc3C(N)=O)[nH]2)c1. The van der Waals surface area contributed by atoms with Crippen molar-refractivity contribution in [2.45, 2.75) is 38.6 Å². The summed E-state index contributed by atoms with van der Waals surface area (Å²) in [4.78, 5) is 30.8. The molecule has 1 aliphatic heterocycles. The fraction of sp³-hybridized carbons (Fsp3) is 0.265. The molecule has 6 rings (SSSR count). The van der Waals surface area contributed by atoms with Crippen LogP contribution in [0.5, 0.6) is 5.75 Å². The number of H-pyrrole nitrogens is 1. The average Bonchev–Trinajstić information content (AvgIpc) is 3.51. The summed E-state index contributed by atoms with van der Waals surface area (Å²) in [5, 5.41) is 5.23. The van der Waals surface area contributed by atoms with Crippen molar-refractivity contribution >= 4 is 28.2 Å². The normalized spacial score (nSPS) is 15.2. The van der Waals surface area contributed by atoms with Gasteiger partial charge in [0.1, 0.15) is 37.8 Å². The molecule has 0 bridgehead atoms. The van der Waals surface area contributed by atoms with Gasteiger partial charge < -0.3 is 26.6 Å². The number of anilines is 2. The van der Waals surface area contributed by atoms with Crippen LogP contribution in [0.1, 0.15) is 59.5 Å². The van der Waals surface area contributed by atoms with Gasteiger partial charge in [0.15, 0.2) is 5.82 Å². The summed E-state index contributed by atoms with van der Waals surface area (Å²) in [5.41, 5.74) is 15.4. The lowest BCUT2D eigenvalue weighted by molar-refractivity contribution is -1.07. The number of pyridine rings is 1. The zero-order chi connectivity index (χ0) is 30.8. The van der Waals surface area contributed by atoms with Crippen LogP contribution < -0.4 is 21.6 Å². The summed E-state index contributed by atoms with van der Waals surface area (Å²) >= 11 is 0. The molecule has 44 heavy (non-hydrogen) atoms. The lowest BCUT2D eigenvalue weighted by atomic mass is 9.99. The molecule has 1 atom stereocenters. The molecule has 226 valence electrons. The number of imidazole rings is 1. The van der Waals surface area contributed by atoms with Crippen LogP contribution in [0.3, 0.4) is 0 Å². The van der Waals surface area contributed by atoms with Gasteiger partial charge in [-0.05, 0) is 60.2 Å². The van der Waals surface area contributed by atoms with Gasteiger partial charge in [-0.1, -0.05) is 31.2 Å². The molecule has 1 fully saturated rings. The highest BCUT2D eigenvalue weighted by Gasteiger charge is 2.32. The molecule has 1 amide bonds. The number of hydrogen-bond donors (Lipinski definition) is 4. The Morgan fingerprint density at radius 2 is 1.89 bits per heavy atom. The average molecular weight is 595 g/mol. The van der Waals surface area contributed by atoms with Crippen molar-refractivity contribution < 1.29 is 18.7 Å². The van der Waals surface area contributed by atoms with Gasteiger partial charge in [0.25, 0.3) is 0 Å². The number of rotatable bonds is 9. The number of hydrogen-bond acceptors (Lipinski definition) is 6. The Balaban J connectivity index is 1.47. The molecule has 1 saturated heterocycles. The summed E-state index contributed by atoms with van der Waals surface area (Å²) in [7, 11) is 2.01. The number of nitrogen functional groups attached to an aromatic ring is 1. The van der Waals surface area contributed by atoms with Gasteiger partial charge in [-0.3, -0.25) is 4.79 Å². The number of piperidine rings is 1. The Labute approximate surface area is 255 Å². The van der Waals surface area contributed by atoms with E-state index in [0.29, 0.717) is 45.1 Å². The molecule has 6 N–H and O–H groups in total. The number of carbonyl (C=O) groups excluding carboxylic acids is 1. The minimum atomic E-state index is -0.735. The van der Waals surface area contributed by atoms with Crippen LogP contribution in [0.15, 0.2) is 73.1 Å². The van der Waals surface area contributed by atoms with Crippen LogP contribution in [0.4, 0.5) is 15.9 Å². The highest BCUT2D eigenvalue weighted by atomic mass is 19.1. The Bertz CT molecular complexity index is 1830. The van der Waals surface area contributed by atoms with E-state index in [4.69, 9.17) is 16.3 Å². The molecule has 5 aromatic rings. The first-order valence-electron chi connectivity index (χ1n) is 15.0. The third kappa shape index (κ3) is 5.80. The molecular weight excluding hydrogens is 557 g/mol. The van der Waals surface area contributed by atoms with Crippen molar-refractivity contribution in [2.24, 2.45) is 5.73 Å². The molecule has 1 aliphatic rings. The number of nitrogens with zero attached hydrogens (tertiary/aromatic N) is 3. The van der Waals surface area contributed by atoms with Crippen molar-refractivity contribution in [3.8, 4) is 17.0 Å². The maximum Gasteiger partial charge on any atom is 0.249 e. The molecule has 2 aromatic heterocycles. The number of hydroxylamine groups is 3. The molecule has 3 aromatic carbocycles. The van der Waals surface area contributed by atoms with E-state index < -0.39 is 17.8 Å². The van der Waals surface area contributed by atoms with Gasteiger partial charge >= 0.3 is 0 Å². The molecule has 0 radical (unpaired) electrons. The lowest BCUT2D eigenvalue weighted by Gasteiger charge is -2.35. The highest BCUT2D eigenvalue weighted by molar-refractivity contribution is 5.99. The summed E-state index contributed by atoms with van der Waals surface area (Å²) in [6.07, 6.45) is 7.21. The third-order valence-electron chi connectivity index (χ3n) is 8.39. The van der Waals surface area contributed by atoms with Crippen LogP contribution >= 0.6 is 0 Å². The molecule has 9 nitrogen and oxygen atoms in total. The Morgan fingerprint density at radius 1 is 1.09 bits per heavy atom. The first-order chi connectivity index (χ1) is 21.2. The quantitative estimate of drug-likeness (QED) is 0.152. The number of carbonyl (C=O) groups is 1. The number of nitrogens with one attached hydrogen (secondary N) is 2. The van der Waals surface area contributed by atoms with Crippen molar-refractivity contribution in [2.75, 3.05) is 31.2 Å². The second-order valence-electron chi connectivity index (χ2n) is 11.5. The number of likely N-dealkylation sites (tertiary alicyclic amines) is 1. The fourth-order valence-electron chi connectivity index (χ4n) is 5.97. The number of benzene rings is 3. The molecule has 10 heteroatoms. The van der Waals surface area contributed by atoms with Gasteiger partial charge in [-0.25, -0.2) is 14.4 Å². The summed E-state index contributed by atoms with van der Waals surface area (Å²) in [6.45, 7) is 3.68. The van der Waals surface area contributed by atoms with E-state index in [1.54, 1.807) is 36.7 Å². The zero-order valence-corrected chi connectivity index (χ0v) is 24.9. The standard InChI is InChI=1S/C34H36FN7O2/c1-3-21-17-27(30(35)29(18-21)44-42(2)15-7-4-8-16-42)31(40-23-11-12-24-22(19-23)13-14-38-32(24)36)34-39-20-28(41-34)25-9-5-6-10-26(25)33(37)43/h5-6,9-14,17-20,31H,3-4,7-8,15-16H2,1-2H3,(H5-,36,37,38,39,40,41,43)/p+1. The summed E-state index contributed by atoms with van der Waals surface area (Å²) in [6, 6.07) is 17.6. The number of primary amides is 1. The summed E-state index contributed by atoms with van der Waals surface area (Å²) in [5.74, 6) is 0.125. The van der Waals surface area contributed by atoms with E-state index in [0.717, 1.165) is 54.4 Å². The molecule has 0 saturated carbocycles. The number of nitrogens with two attached hydrogens (primary N) is 2. The van der Waals surface area contributed by atoms with Crippen molar-refractivity contribution in [1.29, 1.82) is 0 Å². The van der Waals surface area contributed by atoms with E-state index in [1.807, 2.05) is 50.4 Å². The van der Waals surface area contributed by atoms with Crippen molar-refractivity contribution in [3.63, 3.8) is 0 Å². The van der Waals surface area contributed by atoms with Crippen LogP contribution in [0, 0.1) is 5.82 Å². The number of aromatic nitrogens is 3. The topological polar surface area (TPSA) is 132 Å². The lowest BCUT2D eigenvalue weighted by Crippen LogP contribution is -2.50. The monoisotopic (exact) mass is 594 g/mol. The Morgan fingerprint density at radius 3 is 2.66 bits per heavy atom. The first kappa shape index (κ1) is 29.1. The Hall–Kier alpha value is -4.96. The highest BCUT2D eigenvalue weighted by Crippen LogP contribution is 2.36. The largest absolute Gasteiger partial charge is 0.383 e. The van der Waals surface area contributed by atoms with Crippen LogP contribution in [0.25, 0.3) is 22.0 Å². The molecular formula is C34H37FN7O2+. The van der Waals surface area contributed by atoms with Crippen LogP contribution in [0.2, 0.25) is 0 Å². The fourth-order valence-corrected chi connectivity index (χ4v) is 5.97. The van der Waals surface area contributed by atoms with Gasteiger partial charge in [0, 0.05) is 46.8 Å². The van der Waals surface area contributed by atoms with Gasteiger partial charge in [0.2, 0.25) is 11.7 Å². The smallest absolute Gasteiger partial charge is 0.249 e. The first-order valence-corrected chi connectivity index (χ1v) is 15.0.